The summed E-state index contributed by atoms with van der Waals surface area (Å²) < 4.78 is 41.5. The third-order valence-corrected chi connectivity index (χ3v) is 6.08. The molecule has 0 bridgehead atoms. The Kier molecular flexibility index (Phi) is 7.38. The van der Waals surface area contributed by atoms with Gasteiger partial charge in [-0.2, -0.15) is 18.3 Å². The number of likely N-dealkylation sites (N-methyl/N-ethyl adjacent to an activating group) is 2. The lowest BCUT2D eigenvalue weighted by atomic mass is 9.94. The number of para-hydroxylation sites is 1. The van der Waals surface area contributed by atoms with Crippen molar-refractivity contribution in [1.29, 1.82) is 0 Å². The van der Waals surface area contributed by atoms with Crippen LogP contribution in [0.2, 0.25) is 0 Å². The van der Waals surface area contributed by atoms with Crippen LogP contribution in [0, 0.1) is 6.92 Å². The Morgan fingerprint density at radius 2 is 1.78 bits per heavy atom. The molecule has 0 spiro atoms. The maximum Gasteiger partial charge on any atom is 0.418 e. The van der Waals surface area contributed by atoms with Crippen molar-refractivity contribution in [3.63, 3.8) is 0 Å². The van der Waals surface area contributed by atoms with E-state index in [4.69, 9.17) is 0 Å². The average Bonchev–Trinajstić information content (AvgIpc) is 2.77. The molecule has 6 nitrogen and oxygen atoms in total. The fourth-order valence-electron chi connectivity index (χ4n) is 4.13. The number of alkyl halides is 3. The smallest absolute Gasteiger partial charge is 0.339 e. The highest BCUT2D eigenvalue weighted by atomic mass is 19.4. The molecule has 1 aliphatic rings. The number of rotatable bonds is 6. The SMILES string of the molecule is Cc1cc(=O)c(C(=O)N(C)CCN(C)C2CCCCC2)nn1-c1ccccc1C(F)(F)F. The van der Waals surface area contributed by atoms with E-state index in [2.05, 4.69) is 10.00 Å². The first-order valence-corrected chi connectivity index (χ1v) is 10.8. The van der Waals surface area contributed by atoms with Crippen LogP contribution < -0.4 is 5.43 Å². The van der Waals surface area contributed by atoms with Crippen LogP contribution in [0.4, 0.5) is 13.2 Å². The van der Waals surface area contributed by atoms with Crippen LogP contribution in [0.3, 0.4) is 0 Å². The van der Waals surface area contributed by atoms with Crippen LogP contribution in [0.15, 0.2) is 35.1 Å². The van der Waals surface area contributed by atoms with Crippen LogP contribution in [0.25, 0.3) is 5.69 Å². The zero-order valence-electron chi connectivity index (χ0n) is 18.7. The number of carbonyl (C=O) groups excluding carboxylic acids is 1. The number of halogens is 3. The minimum absolute atomic E-state index is 0.211. The van der Waals surface area contributed by atoms with E-state index in [1.165, 1.54) is 49.3 Å². The van der Waals surface area contributed by atoms with Crippen LogP contribution in [-0.2, 0) is 6.18 Å². The zero-order chi connectivity index (χ0) is 23.5. The van der Waals surface area contributed by atoms with Gasteiger partial charge in [0, 0.05) is 37.9 Å². The van der Waals surface area contributed by atoms with Crippen LogP contribution in [-0.4, -0.2) is 58.7 Å². The van der Waals surface area contributed by atoms with Crippen molar-refractivity contribution in [2.45, 2.75) is 51.2 Å². The molecule has 3 rings (SSSR count). The monoisotopic (exact) mass is 450 g/mol. The Hall–Kier alpha value is -2.68. The first-order chi connectivity index (χ1) is 15.1. The van der Waals surface area contributed by atoms with Crippen molar-refractivity contribution < 1.29 is 18.0 Å². The lowest BCUT2D eigenvalue weighted by molar-refractivity contribution is -0.137. The van der Waals surface area contributed by atoms with E-state index in [1.807, 2.05) is 7.05 Å². The summed E-state index contributed by atoms with van der Waals surface area (Å²) in [6.07, 6.45) is 1.34. The van der Waals surface area contributed by atoms with Gasteiger partial charge in [0.2, 0.25) is 5.43 Å². The number of benzene rings is 1. The van der Waals surface area contributed by atoms with Crippen molar-refractivity contribution in [1.82, 2.24) is 19.6 Å². The standard InChI is InChI=1S/C23H29F3N4O2/c1-16-15-20(31)21(27-30(16)19-12-8-7-11-18(19)23(24,25)26)22(32)29(3)14-13-28(2)17-9-5-4-6-10-17/h7-8,11-12,15,17H,4-6,9-10,13-14H2,1-3H3. The second-order valence-corrected chi connectivity index (χ2v) is 8.42. The van der Waals surface area contributed by atoms with Gasteiger partial charge in [-0.3, -0.25) is 9.59 Å². The number of amides is 1. The molecule has 1 heterocycles. The number of hydrogen-bond acceptors (Lipinski definition) is 4. The molecule has 0 atom stereocenters. The Bertz CT molecular complexity index is 1010. The second kappa shape index (κ2) is 9.85. The molecule has 0 radical (unpaired) electrons. The third kappa shape index (κ3) is 5.38. The predicted molar refractivity (Wildman–Crippen MR) is 116 cm³/mol. The van der Waals surface area contributed by atoms with Gasteiger partial charge < -0.3 is 9.80 Å². The van der Waals surface area contributed by atoms with E-state index in [1.54, 1.807) is 7.05 Å². The summed E-state index contributed by atoms with van der Waals surface area (Å²) >= 11 is 0. The normalized spacial score (nSPS) is 15.2. The van der Waals surface area contributed by atoms with Crippen LogP contribution in [0.5, 0.6) is 0 Å². The number of nitrogens with zero attached hydrogens (tertiary/aromatic N) is 4. The number of aromatic nitrogens is 2. The van der Waals surface area contributed by atoms with Gasteiger partial charge in [0.15, 0.2) is 5.69 Å². The number of carbonyl (C=O) groups is 1. The van der Waals surface area contributed by atoms with Crippen molar-refractivity contribution in [2.75, 3.05) is 27.2 Å². The van der Waals surface area contributed by atoms with Crippen LogP contribution >= 0.6 is 0 Å². The Labute approximate surface area is 185 Å². The molecular formula is C23H29F3N4O2. The van der Waals surface area contributed by atoms with E-state index < -0.39 is 28.8 Å². The van der Waals surface area contributed by atoms with E-state index in [0.29, 0.717) is 19.1 Å². The second-order valence-electron chi connectivity index (χ2n) is 8.42. The van der Waals surface area contributed by atoms with Crippen molar-refractivity contribution >= 4 is 5.91 Å². The molecule has 1 aromatic heterocycles. The molecule has 0 aliphatic heterocycles. The molecule has 0 saturated heterocycles. The summed E-state index contributed by atoms with van der Waals surface area (Å²) in [5.74, 6) is -0.606. The highest BCUT2D eigenvalue weighted by molar-refractivity contribution is 5.91. The summed E-state index contributed by atoms with van der Waals surface area (Å²) in [6, 6.07) is 6.59. The van der Waals surface area contributed by atoms with E-state index >= 15 is 0 Å². The Morgan fingerprint density at radius 1 is 1.12 bits per heavy atom. The zero-order valence-corrected chi connectivity index (χ0v) is 18.7. The van der Waals surface area contributed by atoms with Gasteiger partial charge in [-0.25, -0.2) is 4.68 Å². The minimum Gasteiger partial charge on any atom is -0.339 e. The van der Waals surface area contributed by atoms with Gasteiger partial charge in [-0.15, -0.1) is 0 Å². The van der Waals surface area contributed by atoms with Crippen LogP contribution in [0.1, 0.15) is 53.8 Å². The van der Waals surface area contributed by atoms with Crippen molar-refractivity contribution in [2.24, 2.45) is 0 Å². The highest BCUT2D eigenvalue weighted by Crippen LogP contribution is 2.33. The van der Waals surface area contributed by atoms with Crippen molar-refractivity contribution in [3.05, 3.63) is 57.5 Å². The molecule has 9 heteroatoms. The molecule has 0 unspecified atom stereocenters. The first kappa shape index (κ1) is 24.0. The molecule has 32 heavy (non-hydrogen) atoms. The summed E-state index contributed by atoms with van der Waals surface area (Å²) in [4.78, 5) is 29.0. The maximum atomic E-state index is 13.5. The average molecular weight is 451 g/mol. The van der Waals surface area contributed by atoms with E-state index in [0.717, 1.165) is 29.7 Å². The first-order valence-electron chi connectivity index (χ1n) is 10.8. The summed E-state index contributed by atoms with van der Waals surface area (Å²) in [7, 11) is 3.60. The van der Waals surface area contributed by atoms with Crippen molar-refractivity contribution in [3.8, 4) is 5.69 Å². The molecule has 0 N–H and O–H groups in total. The Balaban J connectivity index is 1.83. The third-order valence-electron chi connectivity index (χ3n) is 6.08. The summed E-state index contributed by atoms with van der Waals surface area (Å²) in [5, 5.41) is 4.05. The van der Waals surface area contributed by atoms with Gasteiger partial charge in [0.05, 0.1) is 11.3 Å². The molecule has 1 saturated carbocycles. The molecular weight excluding hydrogens is 421 g/mol. The molecule has 1 fully saturated rings. The Morgan fingerprint density at radius 3 is 2.44 bits per heavy atom. The fourth-order valence-corrected chi connectivity index (χ4v) is 4.13. The quantitative estimate of drug-likeness (QED) is 0.670. The topological polar surface area (TPSA) is 58.4 Å². The van der Waals surface area contributed by atoms with Gasteiger partial charge >= 0.3 is 6.18 Å². The van der Waals surface area contributed by atoms with Gasteiger partial charge in [-0.1, -0.05) is 31.4 Å². The largest absolute Gasteiger partial charge is 0.418 e. The fraction of sp³-hybridized carbons (Fsp3) is 0.522. The predicted octanol–water partition coefficient (Wildman–Crippen LogP) is 3.90. The highest BCUT2D eigenvalue weighted by Gasteiger charge is 2.34. The van der Waals surface area contributed by atoms with Gasteiger partial charge in [0.25, 0.3) is 5.91 Å². The molecule has 1 amide bonds. The lowest BCUT2D eigenvalue weighted by Gasteiger charge is -2.32. The van der Waals surface area contributed by atoms with Gasteiger partial charge in [-0.05, 0) is 38.9 Å². The lowest BCUT2D eigenvalue weighted by Crippen LogP contribution is -2.41. The number of hydrogen-bond donors (Lipinski definition) is 0. The summed E-state index contributed by atoms with van der Waals surface area (Å²) in [5.41, 5.74) is -1.91. The minimum atomic E-state index is -4.60. The summed E-state index contributed by atoms with van der Waals surface area (Å²) in [6.45, 7) is 2.52. The molecule has 174 valence electrons. The molecule has 1 aliphatic carbocycles. The molecule has 2 aromatic rings. The number of aryl methyl sites for hydroxylation is 1. The van der Waals surface area contributed by atoms with Gasteiger partial charge in [0.1, 0.15) is 0 Å². The van der Waals surface area contributed by atoms with E-state index in [9.17, 15) is 22.8 Å². The van der Waals surface area contributed by atoms with E-state index in [-0.39, 0.29) is 11.4 Å². The maximum absolute atomic E-state index is 13.5. The molecule has 1 aromatic carbocycles.